The van der Waals surface area contributed by atoms with Crippen LogP contribution in [-0.2, 0) is 0 Å². The van der Waals surface area contributed by atoms with Gasteiger partial charge in [-0.15, -0.1) is 11.3 Å². The van der Waals surface area contributed by atoms with Crippen molar-refractivity contribution in [3.05, 3.63) is 205 Å². The third-order valence-electron chi connectivity index (χ3n) is 12.1. The van der Waals surface area contributed by atoms with Crippen molar-refractivity contribution in [2.75, 3.05) is 0 Å². The van der Waals surface area contributed by atoms with Crippen LogP contribution in [0.15, 0.2) is 188 Å². The number of hydrogen-bond acceptors (Lipinski definition) is 5. The van der Waals surface area contributed by atoms with Crippen LogP contribution in [0.2, 0.25) is 0 Å². The third kappa shape index (κ3) is 4.87. The fraction of sp³-hybridized carbons (Fsp3) is 0.0189. The summed E-state index contributed by atoms with van der Waals surface area (Å²) in [6.07, 6.45) is 0. The van der Waals surface area contributed by atoms with E-state index in [4.69, 9.17) is 19.9 Å². The van der Waals surface area contributed by atoms with Gasteiger partial charge in [0.05, 0.1) is 38.2 Å². The predicted octanol–water partition coefficient (Wildman–Crippen LogP) is 13.2. The highest BCUT2D eigenvalue weighted by Crippen LogP contribution is 2.48. The van der Waals surface area contributed by atoms with Crippen LogP contribution in [0.4, 0.5) is 0 Å². The minimum absolute atomic E-state index is 0.161. The Morgan fingerprint density at radius 1 is 0.433 bits per heavy atom. The van der Waals surface area contributed by atoms with Crippen molar-refractivity contribution in [3.63, 3.8) is 0 Å². The smallest absolute Gasteiger partial charge is 0.238 e. The number of aromatic nitrogens is 6. The SMILES string of the molecule is c1ccc(-c2nc(C3c4ccccc4-c4ccccc43)nc(-n3c4ccccc4c4ccc5c6ccccc6n(-c6cccc(-c7nc8ccccc8s7)c6)c5c43)n2)cc1. The molecule has 0 spiro atoms. The molecule has 7 heteroatoms. The second-order valence-corrected chi connectivity index (χ2v) is 16.4. The molecule has 1 aliphatic carbocycles. The Bertz CT molecular complexity index is 3610. The molecule has 280 valence electrons. The van der Waals surface area contributed by atoms with Crippen LogP contribution in [0.1, 0.15) is 22.9 Å². The maximum Gasteiger partial charge on any atom is 0.238 e. The zero-order valence-electron chi connectivity index (χ0n) is 32.1. The molecule has 0 fully saturated rings. The quantitative estimate of drug-likeness (QED) is 0.174. The summed E-state index contributed by atoms with van der Waals surface area (Å²) in [6.45, 7) is 0. The Kier molecular flexibility index (Phi) is 7.14. The first-order chi connectivity index (χ1) is 29.8. The summed E-state index contributed by atoms with van der Waals surface area (Å²) in [5, 5.41) is 5.60. The van der Waals surface area contributed by atoms with E-state index in [1.54, 1.807) is 11.3 Å². The standard InChI is InChI=1S/C53H32N6S/c1-2-15-32(16-3-1)50-55-51(47-39-23-6-4-19-35(39)36-20-5-7-24-40(36)47)57-53(56-50)59-45-27-12-9-22-38(45)42-30-29-41-37-21-8-11-26-44(37)58(48(41)49(42)59)34-18-14-17-33(31-34)52-54-43-25-10-13-28-46(43)60-52/h1-31,47H. The summed E-state index contributed by atoms with van der Waals surface area (Å²) < 4.78 is 5.88. The van der Waals surface area contributed by atoms with E-state index >= 15 is 0 Å². The van der Waals surface area contributed by atoms with Gasteiger partial charge >= 0.3 is 0 Å². The topological polar surface area (TPSA) is 61.4 Å². The molecule has 0 amide bonds. The van der Waals surface area contributed by atoms with E-state index in [0.29, 0.717) is 11.8 Å². The van der Waals surface area contributed by atoms with Crippen LogP contribution in [0.3, 0.4) is 0 Å². The fourth-order valence-corrected chi connectivity index (χ4v) is 10.5. The van der Waals surface area contributed by atoms with E-state index in [9.17, 15) is 0 Å². The highest BCUT2D eigenvalue weighted by Gasteiger charge is 2.33. The number of fused-ring (bicyclic) bond motifs is 11. The molecule has 12 aromatic rings. The van der Waals surface area contributed by atoms with Gasteiger partial charge in [0.15, 0.2) is 5.82 Å². The van der Waals surface area contributed by atoms with Gasteiger partial charge in [0.25, 0.3) is 0 Å². The third-order valence-corrected chi connectivity index (χ3v) is 13.2. The maximum absolute atomic E-state index is 5.54. The lowest BCUT2D eigenvalue weighted by molar-refractivity contribution is 0.823. The Morgan fingerprint density at radius 3 is 1.77 bits per heavy atom. The van der Waals surface area contributed by atoms with Gasteiger partial charge in [-0.3, -0.25) is 4.57 Å². The van der Waals surface area contributed by atoms with Crippen LogP contribution in [-0.4, -0.2) is 29.1 Å². The van der Waals surface area contributed by atoms with Crippen LogP contribution in [0.25, 0.3) is 98.5 Å². The molecule has 4 aromatic heterocycles. The van der Waals surface area contributed by atoms with Gasteiger partial charge in [-0.2, -0.15) is 9.97 Å². The molecule has 1 aliphatic rings. The van der Waals surface area contributed by atoms with Gasteiger partial charge in [-0.1, -0.05) is 152 Å². The molecule has 0 N–H and O–H groups in total. The summed E-state index contributed by atoms with van der Waals surface area (Å²) >= 11 is 1.72. The van der Waals surface area contributed by atoms with Gasteiger partial charge in [-0.25, -0.2) is 9.97 Å². The van der Waals surface area contributed by atoms with Gasteiger partial charge in [0.1, 0.15) is 10.8 Å². The van der Waals surface area contributed by atoms with Crippen molar-refractivity contribution in [2.45, 2.75) is 5.92 Å². The molecule has 0 bridgehead atoms. The number of rotatable bonds is 5. The van der Waals surface area contributed by atoms with E-state index in [2.05, 4.69) is 179 Å². The van der Waals surface area contributed by atoms with Crippen LogP contribution in [0, 0.1) is 0 Å². The van der Waals surface area contributed by atoms with Crippen LogP contribution >= 0.6 is 11.3 Å². The highest BCUT2D eigenvalue weighted by molar-refractivity contribution is 7.21. The first kappa shape index (κ1) is 33.3. The lowest BCUT2D eigenvalue weighted by atomic mass is 9.96. The Hall–Kier alpha value is -7.74. The molecule has 6 nitrogen and oxygen atoms in total. The van der Waals surface area contributed by atoms with Crippen LogP contribution < -0.4 is 0 Å². The first-order valence-corrected chi connectivity index (χ1v) is 21.0. The van der Waals surface area contributed by atoms with E-state index < -0.39 is 0 Å². The Morgan fingerprint density at radius 2 is 1.03 bits per heavy atom. The molecule has 0 atom stereocenters. The molecule has 0 saturated heterocycles. The number of thiazole rings is 1. The van der Waals surface area contributed by atoms with Gasteiger partial charge in [-0.05, 0) is 58.7 Å². The van der Waals surface area contributed by atoms with Crippen molar-refractivity contribution >= 4 is 65.2 Å². The average molecular weight is 785 g/mol. The van der Waals surface area contributed by atoms with Gasteiger partial charge in [0, 0.05) is 38.4 Å². The van der Waals surface area contributed by atoms with Crippen molar-refractivity contribution < 1.29 is 0 Å². The molecule has 0 aliphatic heterocycles. The normalized spacial score (nSPS) is 12.6. The molecule has 0 radical (unpaired) electrons. The number of nitrogens with zero attached hydrogens (tertiary/aromatic N) is 6. The van der Waals surface area contributed by atoms with E-state index in [0.717, 1.165) is 71.4 Å². The Labute approximate surface area is 348 Å². The predicted molar refractivity (Wildman–Crippen MR) is 245 cm³/mol. The average Bonchev–Trinajstić information content (AvgIpc) is 4.08. The van der Waals surface area contributed by atoms with E-state index in [1.165, 1.54) is 32.3 Å². The van der Waals surface area contributed by atoms with Crippen molar-refractivity contribution in [3.8, 4) is 44.7 Å². The molecule has 4 heterocycles. The lowest BCUT2D eigenvalue weighted by Gasteiger charge is -2.16. The summed E-state index contributed by atoms with van der Waals surface area (Å²) in [4.78, 5) is 21.3. The second-order valence-electron chi connectivity index (χ2n) is 15.4. The Balaban J connectivity index is 1.13. The fourth-order valence-electron chi connectivity index (χ4n) is 9.51. The minimum atomic E-state index is -0.161. The molecule has 60 heavy (non-hydrogen) atoms. The zero-order valence-corrected chi connectivity index (χ0v) is 32.9. The minimum Gasteiger partial charge on any atom is -0.307 e. The molecule has 0 saturated carbocycles. The number of hydrogen-bond donors (Lipinski definition) is 0. The maximum atomic E-state index is 5.54. The summed E-state index contributed by atoms with van der Waals surface area (Å²) in [6, 6.07) is 66.7. The molecule has 13 rings (SSSR count). The zero-order chi connectivity index (χ0) is 39.3. The largest absolute Gasteiger partial charge is 0.307 e. The summed E-state index contributed by atoms with van der Waals surface area (Å²) in [5.74, 6) is 1.78. The molecule has 8 aromatic carbocycles. The highest BCUT2D eigenvalue weighted by atomic mass is 32.1. The molecular weight excluding hydrogens is 753 g/mol. The number of para-hydroxylation sites is 3. The van der Waals surface area contributed by atoms with Crippen LogP contribution in [0.5, 0.6) is 0 Å². The second kappa shape index (κ2) is 12.9. The van der Waals surface area contributed by atoms with Crippen molar-refractivity contribution in [1.82, 2.24) is 29.1 Å². The lowest BCUT2D eigenvalue weighted by Crippen LogP contribution is -2.12. The van der Waals surface area contributed by atoms with Gasteiger partial charge < -0.3 is 4.57 Å². The van der Waals surface area contributed by atoms with Crippen molar-refractivity contribution in [1.29, 1.82) is 0 Å². The monoisotopic (exact) mass is 784 g/mol. The summed E-state index contributed by atoms with van der Waals surface area (Å²) in [7, 11) is 0. The van der Waals surface area contributed by atoms with Crippen molar-refractivity contribution in [2.24, 2.45) is 0 Å². The molecule has 0 unspecified atom stereocenters. The van der Waals surface area contributed by atoms with Gasteiger partial charge in [0.2, 0.25) is 5.95 Å². The molecular formula is C53H32N6S. The van der Waals surface area contributed by atoms with E-state index in [-0.39, 0.29) is 5.92 Å². The summed E-state index contributed by atoms with van der Waals surface area (Å²) in [5.41, 5.74) is 13.2. The number of benzene rings is 8. The van der Waals surface area contributed by atoms with E-state index in [1.807, 2.05) is 18.2 Å². The first-order valence-electron chi connectivity index (χ1n) is 20.2.